The van der Waals surface area contributed by atoms with E-state index in [0.29, 0.717) is 18.9 Å². The van der Waals surface area contributed by atoms with Gasteiger partial charge in [-0.3, -0.25) is 19.1 Å². The number of aromatic nitrogens is 2. The summed E-state index contributed by atoms with van der Waals surface area (Å²) in [7, 11) is 1.64. The average Bonchev–Trinajstić information content (AvgIpc) is 2.95. The molecule has 0 aliphatic heterocycles. The van der Waals surface area contributed by atoms with Gasteiger partial charge in [-0.15, -0.1) is 0 Å². The van der Waals surface area contributed by atoms with Gasteiger partial charge in [0.05, 0.1) is 17.8 Å². The first-order chi connectivity index (χ1) is 18.6. The second kappa shape index (κ2) is 13.0. The van der Waals surface area contributed by atoms with E-state index in [-0.39, 0.29) is 5.56 Å². The second-order valence-corrected chi connectivity index (χ2v) is 9.59. The lowest BCUT2D eigenvalue weighted by atomic mass is 9.93. The first-order valence-corrected chi connectivity index (χ1v) is 13.4. The lowest BCUT2D eigenvalue weighted by Gasteiger charge is -2.19. The van der Waals surface area contributed by atoms with Gasteiger partial charge in [-0.1, -0.05) is 68.0 Å². The number of aliphatic imine (C=N–C) groups is 1. The van der Waals surface area contributed by atoms with Crippen LogP contribution in [-0.2, 0) is 22.6 Å². The number of hydroxylamine groups is 1. The lowest BCUT2D eigenvalue weighted by Crippen LogP contribution is -2.30. The number of hydrogen-bond acceptors (Lipinski definition) is 5. The van der Waals surface area contributed by atoms with Crippen molar-refractivity contribution in [2.75, 3.05) is 7.05 Å². The van der Waals surface area contributed by atoms with Crippen LogP contribution in [0.3, 0.4) is 0 Å². The van der Waals surface area contributed by atoms with Crippen LogP contribution in [0.2, 0.25) is 0 Å². The van der Waals surface area contributed by atoms with Crippen molar-refractivity contribution in [3.8, 4) is 11.1 Å². The fraction of sp³-hybridized carbons (Fsp3) is 0.355. The molecule has 198 valence electrons. The van der Waals surface area contributed by atoms with E-state index in [0.717, 1.165) is 83.4 Å². The highest BCUT2D eigenvalue weighted by atomic mass is 16.7. The van der Waals surface area contributed by atoms with E-state index in [1.807, 2.05) is 47.9 Å². The smallest absolute Gasteiger partial charge is 0.320 e. The highest BCUT2D eigenvalue weighted by Gasteiger charge is 2.19. The molecule has 0 fully saturated rings. The number of hydrogen-bond donors (Lipinski definition) is 1. The maximum absolute atomic E-state index is 13.8. The molecule has 3 aromatic rings. The summed E-state index contributed by atoms with van der Waals surface area (Å²) in [5.41, 5.74) is 9.22. The molecule has 0 unspecified atom stereocenters. The molecule has 1 aliphatic carbocycles. The number of amidine groups is 1. The minimum atomic E-state index is 0.0660. The highest BCUT2D eigenvalue weighted by molar-refractivity contribution is 6.04. The van der Waals surface area contributed by atoms with E-state index in [4.69, 9.17) is 9.82 Å². The number of aryl methyl sites for hydroxylation is 2. The third-order valence-electron chi connectivity index (χ3n) is 7.01. The Hall–Kier alpha value is -4.00. The van der Waals surface area contributed by atoms with Crippen molar-refractivity contribution in [2.45, 2.75) is 65.3 Å². The van der Waals surface area contributed by atoms with E-state index < -0.39 is 0 Å². The molecule has 0 radical (unpaired) electrons. The first-order valence-electron chi connectivity index (χ1n) is 13.4. The van der Waals surface area contributed by atoms with E-state index in [1.165, 1.54) is 6.42 Å². The van der Waals surface area contributed by atoms with Gasteiger partial charge >= 0.3 is 6.47 Å². The van der Waals surface area contributed by atoms with Crippen LogP contribution < -0.4 is 11.0 Å². The normalized spacial score (nSPS) is 13.7. The summed E-state index contributed by atoms with van der Waals surface area (Å²) < 4.78 is 1.87. The van der Waals surface area contributed by atoms with Crippen molar-refractivity contribution >= 4 is 17.9 Å². The Morgan fingerprint density at radius 1 is 1.16 bits per heavy atom. The van der Waals surface area contributed by atoms with Gasteiger partial charge in [0.25, 0.3) is 5.56 Å². The van der Waals surface area contributed by atoms with Gasteiger partial charge in [-0.05, 0) is 61.3 Å². The summed E-state index contributed by atoms with van der Waals surface area (Å²) in [6, 6.07) is 16.0. The summed E-state index contributed by atoms with van der Waals surface area (Å²) in [4.78, 5) is 38.4. The number of nitrogens with one attached hydrogen (secondary N) is 1. The van der Waals surface area contributed by atoms with Crippen LogP contribution >= 0.6 is 0 Å². The Balaban J connectivity index is 1.68. The van der Waals surface area contributed by atoms with Gasteiger partial charge in [0.2, 0.25) is 0 Å². The number of benzene rings is 2. The van der Waals surface area contributed by atoms with Crippen LogP contribution in [0.5, 0.6) is 0 Å². The Kier molecular flexibility index (Phi) is 9.25. The largest absolute Gasteiger partial charge is 0.345 e. The van der Waals surface area contributed by atoms with Crippen LogP contribution in [-0.4, -0.2) is 28.9 Å². The third kappa shape index (κ3) is 6.10. The van der Waals surface area contributed by atoms with E-state index in [9.17, 15) is 9.59 Å². The first kappa shape index (κ1) is 27.0. The number of allylic oxidation sites excluding steroid dienone is 2. The molecule has 7 heteroatoms. The van der Waals surface area contributed by atoms with E-state index in [2.05, 4.69) is 35.6 Å². The Morgan fingerprint density at radius 2 is 1.95 bits per heavy atom. The van der Waals surface area contributed by atoms with Crippen molar-refractivity contribution in [3.63, 3.8) is 0 Å². The van der Waals surface area contributed by atoms with Crippen molar-refractivity contribution in [1.29, 1.82) is 0 Å². The van der Waals surface area contributed by atoms with Crippen molar-refractivity contribution in [1.82, 2.24) is 15.0 Å². The van der Waals surface area contributed by atoms with E-state index in [1.54, 1.807) is 7.05 Å². The molecule has 1 heterocycles. The molecule has 2 aromatic carbocycles. The van der Waals surface area contributed by atoms with Crippen molar-refractivity contribution < 1.29 is 9.63 Å². The maximum Gasteiger partial charge on any atom is 0.320 e. The Bertz CT molecular complexity index is 1390. The zero-order valence-electron chi connectivity index (χ0n) is 22.5. The molecule has 7 nitrogen and oxygen atoms in total. The Morgan fingerprint density at radius 3 is 2.63 bits per heavy atom. The monoisotopic (exact) mass is 512 g/mol. The zero-order chi connectivity index (χ0) is 26.9. The zero-order valence-corrected chi connectivity index (χ0v) is 22.5. The molecule has 38 heavy (non-hydrogen) atoms. The van der Waals surface area contributed by atoms with Crippen LogP contribution in [0.4, 0.5) is 0 Å². The van der Waals surface area contributed by atoms with Crippen LogP contribution in [0.25, 0.3) is 16.7 Å². The average molecular weight is 513 g/mol. The topological polar surface area (TPSA) is 85.6 Å². The molecule has 1 N–H and O–H groups in total. The summed E-state index contributed by atoms with van der Waals surface area (Å²) in [6.45, 7) is 4.93. The van der Waals surface area contributed by atoms with Gasteiger partial charge < -0.3 is 4.84 Å². The minimum absolute atomic E-state index is 0.0660. The van der Waals surface area contributed by atoms with Crippen molar-refractivity contribution in [3.05, 3.63) is 93.2 Å². The fourth-order valence-corrected chi connectivity index (χ4v) is 5.06. The standard InChI is InChI=1S/C31H36N4O3/c1-4-5-15-28-33-22(2)29(25-11-7-6-8-12-25)31(37)35(28)20-23-16-18-24(19-17-23)26-13-9-10-14-27(26)30(32-3)34-38-21-36/h9-11,13-14,16-19,21H,4-8,12,15,20H2,1-3H3,(H,32,34). The summed E-state index contributed by atoms with van der Waals surface area (Å²) >= 11 is 0. The quantitative estimate of drug-likeness (QED) is 0.165. The summed E-state index contributed by atoms with van der Waals surface area (Å²) in [6.07, 6.45) is 9.31. The molecule has 0 spiro atoms. The molecule has 1 aromatic heterocycles. The molecule has 1 aliphatic rings. The Labute approximate surface area is 224 Å². The van der Waals surface area contributed by atoms with Crippen LogP contribution in [0.1, 0.15) is 73.7 Å². The summed E-state index contributed by atoms with van der Waals surface area (Å²) in [5, 5.41) is 0. The van der Waals surface area contributed by atoms with Gasteiger partial charge in [-0.25, -0.2) is 10.5 Å². The SMILES string of the molecule is CCCCc1nc(C)c(C2=CCCCC2)c(=O)n1Cc1ccc(-c2ccccc2C(=NC)NOC=O)cc1. The number of carbonyl (C=O) groups excluding carboxylic acids is 1. The number of unbranched alkanes of at least 4 members (excludes halogenated alkanes) is 1. The molecule has 0 amide bonds. The van der Waals surface area contributed by atoms with Gasteiger partial charge in [0.15, 0.2) is 5.84 Å². The molecule has 0 saturated heterocycles. The maximum atomic E-state index is 13.8. The molecule has 0 saturated carbocycles. The molecule has 0 atom stereocenters. The van der Waals surface area contributed by atoms with Gasteiger partial charge in [0, 0.05) is 19.0 Å². The number of rotatable bonds is 10. The predicted molar refractivity (Wildman–Crippen MR) is 152 cm³/mol. The predicted octanol–water partition coefficient (Wildman–Crippen LogP) is 5.62. The fourth-order valence-electron chi connectivity index (χ4n) is 5.06. The molecule has 4 rings (SSSR count). The van der Waals surface area contributed by atoms with Crippen molar-refractivity contribution in [2.24, 2.45) is 4.99 Å². The lowest BCUT2D eigenvalue weighted by molar-refractivity contribution is -0.132. The van der Waals surface area contributed by atoms with Gasteiger partial charge in [-0.2, -0.15) is 0 Å². The number of nitrogens with zero attached hydrogens (tertiary/aromatic N) is 3. The van der Waals surface area contributed by atoms with E-state index >= 15 is 0 Å². The molecule has 0 bridgehead atoms. The second-order valence-electron chi connectivity index (χ2n) is 9.59. The summed E-state index contributed by atoms with van der Waals surface area (Å²) in [5.74, 6) is 1.31. The highest BCUT2D eigenvalue weighted by Crippen LogP contribution is 2.27. The minimum Gasteiger partial charge on any atom is -0.345 e. The van der Waals surface area contributed by atoms with Crippen LogP contribution in [0.15, 0.2) is 64.4 Å². The number of carbonyl (C=O) groups is 1. The van der Waals surface area contributed by atoms with Gasteiger partial charge in [0.1, 0.15) is 5.82 Å². The third-order valence-corrected chi connectivity index (χ3v) is 7.01. The molecular weight excluding hydrogens is 476 g/mol. The molecular formula is C31H36N4O3. The van der Waals surface area contributed by atoms with Crippen LogP contribution in [0, 0.1) is 6.92 Å².